The molecule has 74 valence electrons. The molecule has 0 N–H and O–H groups in total. The summed E-state index contributed by atoms with van der Waals surface area (Å²) in [7, 11) is 1.96. The zero-order valence-corrected chi connectivity index (χ0v) is 9.38. The van der Waals surface area contributed by atoms with E-state index in [0.29, 0.717) is 5.25 Å². The number of nitrogens with zero attached hydrogens (tertiary/aromatic N) is 3. The van der Waals surface area contributed by atoms with Crippen LogP contribution in [0, 0.1) is 0 Å². The van der Waals surface area contributed by atoms with Crippen molar-refractivity contribution in [3.63, 3.8) is 0 Å². The molecule has 14 heavy (non-hydrogen) atoms. The molecule has 0 aliphatic carbocycles. The van der Waals surface area contributed by atoms with Gasteiger partial charge in [-0.3, -0.25) is 0 Å². The van der Waals surface area contributed by atoms with Crippen molar-refractivity contribution in [3.05, 3.63) is 18.6 Å². The molecular weight excluding hydrogens is 194 g/mol. The minimum absolute atomic E-state index is 0.572. The molecule has 0 atom stereocenters. The average molecular weight is 207 g/mol. The number of aromatic nitrogens is 3. The van der Waals surface area contributed by atoms with E-state index in [1.807, 2.05) is 42.0 Å². The Bertz CT molecular complexity index is 448. The summed E-state index contributed by atoms with van der Waals surface area (Å²) in [5, 5.41) is 0.572. The van der Waals surface area contributed by atoms with Gasteiger partial charge in [-0.1, -0.05) is 13.8 Å². The molecule has 4 heteroatoms. The second-order valence-corrected chi connectivity index (χ2v) is 5.12. The molecule has 0 bridgehead atoms. The van der Waals surface area contributed by atoms with E-state index < -0.39 is 0 Å². The lowest BCUT2D eigenvalue weighted by Crippen LogP contribution is -1.90. The summed E-state index contributed by atoms with van der Waals surface area (Å²) in [4.78, 5) is 9.86. The first-order valence-corrected chi connectivity index (χ1v) is 5.49. The molecule has 2 heterocycles. The minimum atomic E-state index is 0.572. The van der Waals surface area contributed by atoms with Crippen LogP contribution in [-0.2, 0) is 7.05 Å². The molecule has 0 unspecified atom stereocenters. The Kier molecular flexibility index (Phi) is 2.46. The fourth-order valence-corrected chi connectivity index (χ4v) is 2.26. The molecule has 0 radical (unpaired) electrons. The third-order valence-corrected chi connectivity index (χ3v) is 2.98. The van der Waals surface area contributed by atoms with Gasteiger partial charge >= 0.3 is 0 Å². The molecule has 2 aromatic heterocycles. The van der Waals surface area contributed by atoms with Gasteiger partial charge in [0.1, 0.15) is 5.52 Å². The lowest BCUT2D eigenvalue weighted by atomic mass is 10.4. The molecule has 0 spiro atoms. The molecule has 0 amide bonds. The number of rotatable bonds is 2. The Morgan fingerprint density at radius 3 is 2.86 bits per heavy atom. The molecule has 0 saturated heterocycles. The molecule has 2 rings (SSSR count). The highest BCUT2D eigenvalue weighted by molar-refractivity contribution is 8.00. The molecule has 3 nitrogen and oxygen atoms in total. The van der Waals surface area contributed by atoms with Gasteiger partial charge < -0.3 is 4.57 Å². The third kappa shape index (κ3) is 1.62. The molecule has 0 aliphatic rings. The van der Waals surface area contributed by atoms with Crippen molar-refractivity contribution in [2.24, 2.45) is 7.05 Å². The third-order valence-electron chi connectivity index (χ3n) is 1.92. The van der Waals surface area contributed by atoms with Crippen LogP contribution in [-0.4, -0.2) is 19.8 Å². The highest BCUT2D eigenvalue weighted by Gasteiger charge is 2.07. The van der Waals surface area contributed by atoms with Crippen molar-refractivity contribution in [3.8, 4) is 0 Å². The fourth-order valence-electron chi connectivity index (χ4n) is 1.35. The maximum absolute atomic E-state index is 4.35. The van der Waals surface area contributed by atoms with Gasteiger partial charge in [-0.05, 0) is 6.07 Å². The minimum Gasteiger partial charge on any atom is -0.318 e. The topological polar surface area (TPSA) is 30.7 Å². The first-order chi connectivity index (χ1) is 6.68. The van der Waals surface area contributed by atoms with Crippen LogP contribution in [0.25, 0.3) is 11.2 Å². The van der Waals surface area contributed by atoms with E-state index in [4.69, 9.17) is 0 Å². The van der Waals surface area contributed by atoms with E-state index in [-0.39, 0.29) is 0 Å². The fraction of sp³-hybridized carbons (Fsp3) is 0.400. The Labute approximate surface area is 87.6 Å². The lowest BCUT2D eigenvalue weighted by molar-refractivity contribution is 0.930. The van der Waals surface area contributed by atoms with Gasteiger partial charge in [-0.15, -0.1) is 11.8 Å². The quantitative estimate of drug-likeness (QED) is 0.709. The van der Waals surface area contributed by atoms with Crippen LogP contribution in [0.5, 0.6) is 0 Å². The largest absolute Gasteiger partial charge is 0.318 e. The Morgan fingerprint density at radius 2 is 2.14 bits per heavy atom. The van der Waals surface area contributed by atoms with Crippen LogP contribution in [0.2, 0.25) is 0 Å². The van der Waals surface area contributed by atoms with Crippen molar-refractivity contribution in [2.75, 3.05) is 0 Å². The van der Waals surface area contributed by atoms with Gasteiger partial charge in [-0.25, -0.2) is 9.97 Å². The van der Waals surface area contributed by atoms with E-state index in [0.717, 1.165) is 11.2 Å². The zero-order valence-electron chi connectivity index (χ0n) is 8.56. The lowest BCUT2D eigenvalue weighted by Gasteiger charge is -2.04. The Hall–Kier alpha value is -1.03. The van der Waals surface area contributed by atoms with Gasteiger partial charge in [0.25, 0.3) is 0 Å². The van der Waals surface area contributed by atoms with Gasteiger partial charge in [0, 0.05) is 23.4 Å². The molecule has 0 fully saturated rings. The summed E-state index contributed by atoms with van der Waals surface area (Å²) in [6, 6.07) is 2.03. The second kappa shape index (κ2) is 3.61. The predicted molar refractivity (Wildman–Crippen MR) is 59.5 cm³/mol. The second-order valence-electron chi connectivity index (χ2n) is 3.50. The number of thioether (sulfide) groups is 1. The smallest absolute Gasteiger partial charge is 0.160 e. The number of hydrogen-bond donors (Lipinski definition) is 0. The van der Waals surface area contributed by atoms with Crippen LogP contribution in [0.1, 0.15) is 13.8 Å². The van der Waals surface area contributed by atoms with Crippen LogP contribution < -0.4 is 0 Å². The van der Waals surface area contributed by atoms with Crippen molar-refractivity contribution >= 4 is 22.9 Å². The molecule has 0 aliphatic heterocycles. The van der Waals surface area contributed by atoms with Crippen molar-refractivity contribution in [1.29, 1.82) is 0 Å². The summed E-state index contributed by atoms with van der Waals surface area (Å²) >= 11 is 1.83. The van der Waals surface area contributed by atoms with Crippen LogP contribution in [0.4, 0.5) is 0 Å². The monoisotopic (exact) mass is 207 g/mol. The maximum Gasteiger partial charge on any atom is 0.160 e. The predicted octanol–water partition coefficient (Wildman–Crippen LogP) is 2.47. The summed E-state index contributed by atoms with van der Waals surface area (Å²) < 4.78 is 1.94. The highest BCUT2D eigenvalue weighted by Crippen LogP contribution is 2.28. The van der Waals surface area contributed by atoms with Crippen molar-refractivity contribution < 1.29 is 0 Å². The van der Waals surface area contributed by atoms with Crippen LogP contribution >= 0.6 is 11.8 Å². The van der Waals surface area contributed by atoms with E-state index >= 15 is 0 Å². The van der Waals surface area contributed by atoms with Gasteiger partial charge in [0.15, 0.2) is 5.65 Å². The first kappa shape index (κ1) is 9.52. The zero-order chi connectivity index (χ0) is 10.1. The summed E-state index contributed by atoms with van der Waals surface area (Å²) in [5.41, 5.74) is 1.96. The van der Waals surface area contributed by atoms with E-state index in [1.54, 1.807) is 0 Å². The number of aryl methyl sites for hydroxylation is 1. The number of pyridine rings is 1. The molecular formula is C10H13N3S. The summed E-state index contributed by atoms with van der Waals surface area (Å²) in [6.07, 6.45) is 3.65. The van der Waals surface area contributed by atoms with Crippen LogP contribution in [0.3, 0.4) is 0 Å². The van der Waals surface area contributed by atoms with Crippen molar-refractivity contribution in [2.45, 2.75) is 24.0 Å². The van der Waals surface area contributed by atoms with Gasteiger partial charge in [-0.2, -0.15) is 0 Å². The van der Waals surface area contributed by atoms with Crippen LogP contribution in [0.15, 0.2) is 23.5 Å². The molecule has 0 saturated carbocycles. The van der Waals surface area contributed by atoms with Gasteiger partial charge in [0.05, 0.1) is 6.33 Å². The number of imidazole rings is 1. The SMILES string of the molecule is CC(C)Sc1ccnc2c1ncn2C. The molecule has 0 aromatic carbocycles. The number of fused-ring (bicyclic) bond motifs is 1. The summed E-state index contributed by atoms with van der Waals surface area (Å²) in [5.74, 6) is 0. The standard InChI is InChI=1S/C10H13N3S/c1-7(2)14-8-4-5-11-10-9(8)12-6-13(10)3/h4-7H,1-3H3. The van der Waals surface area contributed by atoms with Crippen molar-refractivity contribution in [1.82, 2.24) is 14.5 Å². The van der Waals surface area contributed by atoms with E-state index in [1.165, 1.54) is 4.90 Å². The Morgan fingerprint density at radius 1 is 1.36 bits per heavy atom. The summed E-state index contributed by atoms with van der Waals surface area (Å²) in [6.45, 7) is 4.36. The average Bonchev–Trinajstić information content (AvgIpc) is 2.49. The highest BCUT2D eigenvalue weighted by atomic mass is 32.2. The maximum atomic E-state index is 4.35. The van der Waals surface area contributed by atoms with E-state index in [9.17, 15) is 0 Å². The first-order valence-electron chi connectivity index (χ1n) is 4.61. The molecule has 2 aromatic rings. The van der Waals surface area contributed by atoms with E-state index in [2.05, 4.69) is 23.8 Å². The Balaban J connectivity index is 2.54. The normalized spacial score (nSPS) is 11.4. The van der Waals surface area contributed by atoms with Gasteiger partial charge in [0.2, 0.25) is 0 Å². The number of hydrogen-bond acceptors (Lipinski definition) is 3.